The van der Waals surface area contributed by atoms with Crippen LogP contribution < -0.4 is 5.32 Å². The fraction of sp³-hybridized carbons (Fsp3) is 0.316. The van der Waals surface area contributed by atoms with E-state index >= 15 is 0 Å². The fourth-order valence-corrected chi connectivity index (χ4v) is 2.54. The van der Waals surface area contributed by atoms with E-state index < -0.39 is 5.60 Å². The highest BCUT2D eigenvalue weighted by molar-refractivity contribution is 5.83. The molecule has 0 aliphatic heterocycles. The summed E-state index contributed by atoms with van der Waals surface area (Å²) >= 11 is 0. The zero-order valence-corrected chi connectivity index (χ0v) is 13.1. The van der Waals surface area contributed by atoms with Crippen molar-refractivity contribution in [3.8, 4) is 0 Å². The van der Waals surface area contributed by atoms with E-state index in [1.54, 1.807) is 6.92 Å². The first-order valence-electron chi connectivity index (χ1n) is 7.65. The Morgan fingerprint density at radius 1 is 1.09 bits per heavy atom. The molecule has 0 saturated heterocycles. The molecule has 0 spiro atoms. The number of carbonyl (C=O) groups is 1. The Morgan fingerprint density at radius 2 is 1.64 bits per heavy atom. The third-order valence-corrected chi connectivity index (χ3v) is 3.93. The number of nitrogens with one attached hydrogen (secondary N) is 1. The molecule has 0 aromatic heterocycles. The van der Waals surface area contributed by atoms with Crippen LogP contribution in [0.5, 0.6) is 0 Å². The average Bonchev–Trinajstić information content (AvgIpc) is 2.56. The van der Waals surface area contributed by atoms with Crippen molar-refractivity contribution in [2.45, 2.75) is 31.8 Å². The topological polar surface area (TPSA) is 49.3 Å². The van der Waals surface area contributed by atoms with Gasteiger partial charge in [0, 0.05) is 0 Å². The first kappa shape index (κ1) is 16.2. The Bertz CT molecular complexity index is 593. The molecule has 116 valence electrons. The van der Waals surface area contributed by atoms with Gasteiger partial charge in [-0.3, -0.25) is 4.79 Å². The molecule has 3 nitrogen and oxygen atoms in total. The van der Waals surface area contributed by atoms with Gasteiger partial charge in [0.25, 0.3) is 0 Å². The van der Waals surface area contributed by atoms with Crippen LogP contribution in [0.25, 0.3) is 0 Å². The molecule has 2 N–H and O–H groups in total. The summed E-state index contributed by atoms with van der Waals surface area (Å²) in [5, 5.41) is 13.4. The lowest BCUT2D eigenvalue weighted by Gasteiger charge is -2.25. The Hall–Kier alpha value is -2.13. The molecule has 2 unspecified atom stereocenters. The van der Waals surface area contributed by atoms with Crippen molar-refractivity contribution in [1.82, 2.24) is 5.32 Å². The maximum absolute atomic E-state index is 12.4. The largest absolute Gasteiger partial charge is 0.384 e. The monoisotopic (exact) mass is 297 g/mol. The minimum absolute atomic E-state index is 0.0510. The Morgan fingerprint density at radius 3 is 2.18 bits per heavy atom. The summed E-state index contributed by atoms with van der Waals surface area (Å²) in [6.07, 6.45) is 0.726. The van der Waals surface area contributed by atoms with Gasteiger partial charge in [-0.2, -0.15) is 0 Å². The third kappa shape index (κ3) is 3.95. The van der Waals surface area contributed by atoms with Crippen molar-refractivity contribution in [3.63, 3.8) is 0 Å². The SMILES string of the molecule is CCC(C(=O)NCC(C)(O)c1ccccc1)c1ccccc1. The zero-order valence-electron chi connectivity index (χ0n) is 13.1. The van der Waals surface area contributed by atoms with Crippen molar-refractivity contribution in [3.05, 3.63) is 71.8 Å². The Balaban J connectivity index is 2.02. The average molecular weight is 297 g/mol. The quantitative estimate of drug-likeness (QED) is 0.860. The van der Waals surface area contributed by atoms with Gasteiger partial charge in [0.15, 0.2) is 0 Å². The second kappa shape index (κ2) is 7.23. The summed E-state index contributed by atoms with van der Waals surface area (Å²) in [7, 11) is 0. The summed E-state index contributed by atoms with van der Waals surface area (Å²) in [5.74, 6) is -0.238. The molecular formula is C19H23NO2. The summed E-state index contributed by atoms with van der Waals surface area (Å²) in [6.45, 7) is 3.90. The highest BCUT2D eigenvalue weighted by Gasteiger charge is 2.25. The van der Waals surface area contributed by atoms with Crippen LogP contribution in [0.1, 0.15) is 37.3 Å². The Labute approximate surface area is 132 Å². The van der Waals surface area contributed by atoms with E-state index in [0.717, 1.165) is 17.5 Å². The van der Waals surface area contributed by atoms with Crippen LogP contribution in [-0.4, -0.2) is 17.6 Å². The highest BCUT2D eigenvalue weighted by atomic mass is 16.3. The van der Waals surface area contributed by atoms with Crippen LogP contribution in [0.2, 0.25) is 0 Å². The van der Waals surface area contributed by atoms with Crippen molar-refractivity contribution >= 4 is 5.91 Å². The molecule has 0 bridgehead atoms. The molecule has 2 rings (SSSR count). The van der Waals surface area contributed by atoms with Crippen LogP contribution in [0.4, 0.5) is 0 Å². The van der Waals surface area contributed by atoms with Gasteiger partial charge in [0.2, 0.25) is 5.91 Å². The molecule has 0 aliphatic carbocycles. The number of hydrogen-bond donors (Lipinski definition) is 2. The van der Waals surface area contributed by atoms with Crippen molar-refractivity contribution in [2.75, 3.05) is 6.54 Å². The van der Waals surface area contributed by atoms with Gasteiger partial charge in [0.05, 0.1) is 12.5 Å². The van der Waals surface area contributed by atoms with Crippen molar-refractivity contribution in [2.24, 2.45) is 0 Å². The van der Waals surface area contributed by atoms with Gasteiger partial charge in [-0.15, -0.1) is 0 Å². The predicted octanol–water partition coefficient (Wildman–Crippen LogP) is 3.20. The summed E-state index contributed by atoms with van der Waals surface area (Å²) in [5.41, 5.74) is 0.719. The molecule has 0 saturated carbocycles. The van der Waals surface area contributed by atoms with Crippen LogP contribution in [-0.2, 0) is 10.4 Å². The molecular weight excluding hydrogens is 274 g/mol. The van der Waals surface area contributed by atoms with E-state index in [2.05, 4.69) is 5.32 Å². The smallest absolute Gasteiger partial charge is 0.227 e. The van der Waals surface area contributed by atoms with E-state index in [9.17, 15) is 9.90 Å². The van der Waals surface area contributed by atoms with Crippen molar-refractivity contribution < 1.29 is 9.90 Å². The van der Waals surface area contributed by atoms with E-state index in [1.807, 2.05) is 67.6 Å². The summed E-state index contributed by atoms with van der Waals surface area (Å²) in [4.78, 5) is 12.4. The number of amides is 1. The third-order valence-electron chi connectivity index (χ3n) is 3.93. The summed E-state index contributed by atoms with van der Waals surface area (Å²) in [6, 6.07) is 19.1. The molecule has 0 fully saturated rings. The molecule has 0 radical (unpaired) electrons. The van der Waals surface area contributed by atoms with Crippen molar-refractivity contribution in [1.29, 1.82) is 0 Å². The number of benzene rings is 2. The lowest BCUT2D eigenvalue weighted by molar-refractivity contribution is -0.123. The minimum atomic E-state index is -1.08. The van der Waals surface area contributed by atoms with E-state index in [-0.39, 0.29) is 18.4 Å². The molecule has 2 aromatic carbocycles. The fourth-order valence-electron chi connectivity index (χ4n) is 2.54. The number of hydrogen-bond acceptors (Lipinski definition) is 2. The van der Waals surface area contributed by atoms with Gasteiger partial charge in [-0.25, -0.2) is 0 Å². The standard InChI is InChI=1S/C19H23NO2/c1-3-17(15-10-6-4-7-11-15)18(21)20-14-19(2,22)16-12-8-5-9-13-16/h4-13,17,22H,3,14H2,1-2H3,(H,20,21). The lowest BCUT2D eigenvalue weighted by Crippen LogP contribution is -2.40. The molecule has 3 heteroatoms. The van der Waals surface area contributed by atoms with Gasteiger partial charge in [-0.05, 0) is 24.5 Å². The second-order valence-corrected chi connectivity index (χ2v) is 5.73. The maximum Gasteiger partial charge on any atom is 0.227 e. The second-order valence-electron chi connectivity index (χ2n) is 5.73. The number of rotatable bonds is 6. The van der Waals surface area contributed by atoms with Crippen LogP contribution in [0.15, 0.2) is 60.7 Å². The highest BCUT2D eigenvalue weighted by Crippen LogP contribution is 2.22. The predicted molar refractivity (Wildman–Crippen MR) is 88.5 cm³/mol. The van der Waals surface area contributed by atoms with Crippen LogP contribution in [0, 0.1) is 0 Å². The number of carbonyl (C=O) groups excluding carboxylic acids is 1. The molecule has 0 heterocycles. The van der Waals surface area contributed by atoms with Crippen LogP contribution >= 0.6 is 0 Å². The molecule has 2 aromatic rings. The minimum Gasteiger partial charge on any atom is -0.384 e. The van der Waals surface area contributed by atoms with E-state index in [1.165, 1.54) is 0 Å². The van der Waals surface area contributed by atoms with Gasteiger partial charge >= 0.3 is 0 Å². The first-order valence-corrected chi connectivity index (χ1v) is 7.65. The first-order chi connectivity index (χ1) is 10.5. The zero-order chi connectivity index (χ0) is 16.0. The summed E-state index contributed by atoms with van der Waals surface area (Å²) < 4.78 is 0. The molecule has 1 amide bonds. The number of aliphatic hydroxyl groups is 1. The van der Waals surface area contributed by atoms with Crippen LogP contribution in [0.3, 0.4) is 0 Å². The van der Waals surface area contributed by atoms with Gasteiger partial charge in [0.1, 0.15) is 5.60 Å². The molecule has 2 atom stereocenters. The van der Waals surface area contributed by atoms with E-state index in [4.69, 9.17) is 0 Å². The molecule has 22 heavy (non-hydrogen) atoms. The lowest BCUT2D eigenvalue weighted by atomic mass is 9.93. The van der Waals surface area contributed by atoms with Gasteiger partial charge < -0.3 is 10.4 Å². The van der Waals surface area contributed by atoms with E-state index in [0.29, 0.717) is 0 Å². The molecule has 0 aliphatic rings. The normalized spacial score (nSPS) is 14.9. The maximum atomic E-state index is 12.4. The Kier molecular flexibility index (Phi) is 5.34. The van der Waals surface area contributed by atoms with Gasteiger partial charge in [-0.1, -0.05) is 67.6 Å².